The van der Waals surface area contributed by atoms with Gasteiger partial charge in [0.05, 0.1) is 16.4 Å². The van der Waals surface area contributed by atoms with Gasteiger partial charge in [0, 0.05) is 5.02 Å². The maximum atomic E-state index is 13.3. The van der Waals surface area contributed by atoms with Crippen LogP contribution >= 0.6 is 23.2 Å². The highest BCUT2D eigenvalue weighted by Gasteiger charge is 2.28. The third-order valence-electron chi connectivity index (χ3n) is 3.39. The number of rotatable bonds is 4. The quantitative estimate of drug-likeness (QED) is 0.599. The summed E-state index contributed by atoms with van der Waals surface area (Å²) in [4.78, 5) is -0.0376. The highest BCUT2D eigenvalue weighted by molar-refractivity contribution is 7.93. The molecule has 3 aromatic carbocycles. The van der Waals surface area contributed by atoms with E-state index in [1.165, 1.54) is 16.4 Å². The number of nitrogens with zero attached hydrogens (tertiary/aromatic N) is 1. The van der Waals surface area contributed by atoms with E-state index in [9.17, 15) is 8.42 Å². The van der Waals surface area contributed by atoms with Crippen molar-refractivity contribution in [3.05, 3.63) is 88.9 Å². The summed E-state index contributed by atoms with van der Waals surface area (Å²) < 4.78 is 27.8. The Morgan fingerprint density at radius 3 is 1.71 bits per heavy atom. The zero-order chi connectivity index (χ0) is 17.2. The van der Waals surface area contributed by atoms with E-state index in [2.05, 4.69) is 0 Å². The Hall–Kier alpha value is -2.01. The third-order valence-corrected chi connectivity index (χ3v) is 5.87. The second kappa shape index (κ2) is 6.85. The van der Waals surface area contributed by atoms with Gasteiger partial charge in [-0.25, -0.2) is 12.7 Å². The summed E-state index contributed by atoms with van der Waals surface area (Å²) in [5.41, 5.74) is 1.03. The summed E-state index contributed by atoms with van der Waals surface area (Å²) in [5.74, 6) is 0. The molecule has 3 rings (SSSR count). The van der Waals surface area contributed by atoms with E-state index in [0.29, 0.717) is 16.4 Å². The van der Waals surface area contributed by atoms with Gasteiger partial charge in [0.1, 0.15) is 4.90 Å². The van der Waals surface area contributed by atoms with Crippen LogP contribution in [0.25, 0.3) is 0 Å². The van der Waals surface area contributed by atoms with Gasteiger partial charge in [-0.05, 0) is 42.5 Å². The summed E-state index contributed by atoms with van der Waals surface area (Å²) in [6.45, 7) is 0. The monoisotopic (exact) mass is 377 g/mol. The van der Waals surface area contributed by atoms with Crippen molar-refractivity contribution in [3.63, 3.8) is 0 Å². The van der Waals surface area contributed by atoms with Gasteiger partial charge < -0.3 is 0 Å². The molecule has 0 aliphatic heterocycles. The van der Waals surface area contributed by atoms with Gasteiger partial charge in [0.2, 0.25) is 0 Å². The number of halogens is 2. The second-order valence-electron chi connectivity index (χ2n) is 5.02. The number of hydrogen-bond donors (Lipinski definition) is 0. The molecule has 0 unspecified atom stereocenters. The van der Waals surface area contributed by atoms with Crippen LogP contribution in [-0.2, 0) is 10.0 Å². The van der Waals surface area contributed by atoms with Crippen molar-refractivity contribution in [1.82, 2.24) is 0 Å². The van der Waals surface area contributed by atoms with Gasteiger partial charge >= 0.3 is 0 Å². The van der Waals surface area contributed by atoms with E-state index >= 15 is 0 Å². The van der Waals surface area contributed by atoms with Crippen LogP contribution < -0.4 is 4.31 Å². The summed E-state index contributed by atoms with van der Waals surface area (Å²) in [6, 6.07) is 22.1. The molecule has 0 saturated carbocycles. The van der Waals surface area contributed by atoms with Crippen LogP contribution in [0.1, 0.15) is 0 Å². The Morgan fingerprint density at radius 1 is 0.708 bits per heavy atom. The van der Waals surface area contributed by atoms with Gasteiger partial charge in [0.25, 0.3) is 10.0 Å². The number of anilines is 2. The number of sulfonamides is 1. The average molecular weight is 378 g/mol. The third kappa shape index (κ3) is 3.26. The summed E-state index contributed by atoms with van der Waals surface area (Å²) in [5, 5.41) is 0.426. The minimum absolute atomic E-state index is 0.0376. The average Bonchev–Trinajstić information content (AvgIpc) is 2.59. The Morgan fingerprint density at radius 2 is 1.21 bits per heavy atom. The number of benzene rings is 3. The lowest BCUT2D eigenvalue weighted by atomic mass is 10.3. The largest absolute Gasteiger partial charge is 0.270 e. The van der Waals surface area contributed by atoms with Crippen LogP contribution in [-0.4, -0.2) is 8.42 Å². The van der Waals surface area contributed by atoms with E-state index in [0.717, 1.165) is 0 Å². The van der Waals surface area contributed by atoms with E-state index in [-0.39, 0.29) is 9.92 Å². The van der Waals surface area contributed by atoms with Crippen LogP contribution in [0.3, 0.4) is 0 Å². The SMILES string of the molecule is O=S(=O)(c1cc(Cl)ccc1Cl)N(c1ccccc1)c1ccccc1. The predicted molar refractivity (Wildman–Crippen MR) is 98.7 cm³/mol. The van der Waals surface area contributed by atoms with E-state index in [1.54, 1.807) is 54.6 Å². The molecule has 0 atom stereocenters. The van der Waals surface area contributed by atoms with Crippen LogP contribution in [0, 0.1) is 0 Å². The van der Waals surface area contributed by atoms with Crippen LogP contribution in [0.5, 0.6) is 0 Å². The standard InChI is InChI=1S/C18H13Cl2NO2S/c19-14-11-12-17(20)18(13-14)24(22,23)21(15-7-3-1-4-8-15)16-9-5-2-6-10-16/h1-13H. The first kappa shape index (κ1) is 16.8. The van der Waals surface area contributed by atoms with Crippen LogP contribution in [0.4, 0.5) is 11.4 Å². The van der Waals surface area contributed by atoms with Gasteiger partial charge in [-0.3, -0.25) is 0 Å². The lowest BCUT2D eigenvalue weighted by Gasteiger charge is -2.25. The first-order valence-corrected chi connectivity index (χ1v) is 9.30. The van der Waals surface area contributed by atoms with E-state index in [4.69, 9.17) is 23.2 Å². The van der Waals surface area contributed by atoms with Crippen molar-refractivity contribution >= 4 is 44.6 Å². The molecular formula is C18H13Cl2NO2S. The topological polar surface area (TPSA) is 37.4 Å². The highest BCUT2D eigenvalue weighted by atomic mass is 35.5. The van der Waals surface area contributed by atoms with E-state index in [1.807, 2.05) is 12.1 Å². The molecule has 24 heavy (non-hydrogen) atoms. The van der Waals surface area contributed by atoms with Crippen molar-refractivity contribution in [2.24, 2.45) is 0 Å². The van der Waals surface area contributed by atoms with Gasteiger partial charge in [0.15, 0.2) is 0 Å². The molecular weight excluding hydrogens is 365 g/mol. The van der Waals surface area contributed by atoms with Crippen molar-refractivity contribution < 1.29 is 8.42 Å². The molecule has 0 aromatic heterocycles. The molecule has 0 radical (unpaired) electrons. The van der Waals surface area contributed by atoms with Gasteiger partial charge in [-0.1, -0.05) is 59.6 Å². The van der Waals surface area contributed by atoms with E-state index < -0.39 is 10.0 Å². The van der Waals surface area contributed by atoms with Crippen molar-refractivity contribution in [2.45, 2.75) is 4.90 Å². The molecule has 0 saturated heterocycles. The number of hydrogen-bond acceptors (Lipinski definition) is 2. The first-order chi connectivity index (χ1) is 11.5. The Labute approximate surface area is 151 Å². The highest BCUT2D eigenvalue weighted by Crippen LogP contribution is 2.35. The summed E-state index contributed by atoms with van der Waals surface area (Å²) >= 11 is 12.1. The molecule has 122 valence electrons. The van der Waals surface area contributed by atoms with Crippen molar-refractivity contribution in [1.29, 1.82) is 0 Å². The minimum Gasteiger partial charge on any atom is -0.234 e. The predicted octanol–water partition coefficient (Wildman–Crippen LogP) is 5.52. The molecule has 0 fully saturated rings. The van der Waals surface area contributed by atoms with Crippen LogP contribution in [0.2, 0.25) is 10.0 Å². The molecule has 0 aliphatic carbocycles. The Bertz CT molecular complexity index is 906. The minimum atomic E-state index is -3.94. The molecule has 0 N–H and O–H groups in total. The smallest absolute Gasteiger partial charge is 0.234 e. The number of para-hydroxylation sites is 2. The zero-order valence-corrected chi connectivity index (χ0v) is 14.8. The molecule has 0 spiro atoms. The molecule has 0 heterocycles. The second-order valence-corrected chi connectivity index (χ2v) is 7.61. The fraction of sp³-hybridized carbons (Fsp3) is 0. The molecule has 3 aromatic rings. The van der Waals surface area contributed by atoms with Crippen LogP contribution in [0.15, 0.2) is 83.8 Å². The first-order valence-electron chi connectivity index (χ1n) is 7.10. The summed E-state index contributed by atoms with van der Waals surface area (Å²) in [7, 11) is -3.94. The maximum absolute atomic E-state index is 13.3. The molecule has 0 aliphatic rings. The van der Waals surface area contributed by atoms with Crippen molar-refractivity contribution in [2.75, 3.05) is 4.31 Å². The fourth-order valence-corrected chi connectivity index (χ4v) is 4.56. The molecule has 0 bridgehead atoms. The normalized spacial score (nSPS) is 11.2. The summed E-state index contributed by atoms with van der Waals surface area (Å²) in [6.07, 6.45) is 0. The van der Waals surface area contributed by atoms with Crippen molar-refractivity contribution in [3.8, 4) is 0 Å². The lowest BCUT2D eigenvalue weighted by molar-refractivity contribution is 0.596. The molecule has 0 amide bonds. The Kier molecular flexibility index (Phi) is 4.81. The van der Waals surface area contributed by atoms with Gasteiger partial charge in [-0.2, -0.15) is 0 Å². The Balaban J connectivity index is 2.24. The lowest BCUT2D eigenvalue weighted by Crippen LogP contribution is -2.26. The molecule has 6 heteroatoms. The zero-order valence-electron chi connectivity index (χ0n) is 12.4. The maximum Gasteiger partial charge on any atom is 0.270 e. The van der Waals surface area contributed by atoms with Gasteiger partial charge in [-0.15, -0.1) is 0 Å². The fourth-order valence-electron chi connectivity index (χ4n) is 2.33. The molecule has 3 nitrogen and oxygen atoms in total.